The zero-order chi connectivity index (χ0) is 24.5. The average molecular weight is 503 g/mol. The van der Waals surface area contributed by atoms with Crippen LogP contribution in [0.5, 0.6) is 0 Å². The Morgan fingerprint density at radius 1 is 1.35 bits per heavy atom. The summed E-state index contributed by atoms with van der Waals surface area (Å²) in [6, 6.07) is 3.01. The Bertz CT molecular complexity index is 1260. The second-order valence-electron chi connectivity index (χ2n) is 8.56. The Kier molecular flexibility index (Phi) is 7.09. The lowest BCUT2D eigenvalue weighted by molar-refractivity contribution is -0.136. The maximum Gasteiger partial charge on any atom is 0.228 e. The molecule has 4 N–H and O–H groups in total. The number of imidazole rings is 1. The first-order valence-electron chi connectivity index (χ1n) is 11.1. The normalized spacial score (nSPS) is 24.1. The minimum absolute atomic E-state index is 0.220. The molecule has 0 saturated heterocycles. The molecule has 0 spiro atoms. The summed E-state index contributed by atoms with van der Waals surface area (Å²) in [4.78, 5) is 26.9. The fraction of sp³-hybridized carbons (Fsp3) is 0.478. The highest BCUT2D eigenvalue weighted by Gasteiger charge is 2.54. The summed E-state index contributed by atoms with van der Waals surface area (Å²) in [6.07, 6.45) is 1.36. The number of anilines is 1. The Morgan fingerprint density at radius 3 is 2.82 bits per heavy atom. The highest BCUT2D eigenvalue weighted by atomic mass is 35.5. The van der Waals surface area contributed by atoms with Gasteiger partial charge in [0.25, 0.3) is 0 Å². The second-order valence-corrected chi connectivity index (χ2v) is 10.3. The molecule has 1 saturated carbocycles. The van der Waals surface area contributed by atoms with Gasteiger partial charge in [-0.05, 0) is 43.7 Å². The molecule has 3 heterocycles. The number of aromatic nitrogens is 4. The third kappa shape index (κ3) is 4.49. The number of rotatable bonds is 6. The molecule has 1 aliphatic carbocycles. The van der Waals surface area contributed by atoms with Gasteiger partial charge in [-0.15, -0.1) is 11.3 Å². The van der Waals surface area contributed by atoms with E-state index >= 15 is 0 Å². The summed E-state index contributed by atoms with van der Waals surface area (Å²) < 4.78 is 2.35. The predicted octanol–water partition coefficient (Wildman–Crippen LogP) is 2.57. The number of nitrogens with zero attached hydrogens (tertiary/aromatic N) is 4. The molecule has 4 atom stereocenters. The lowest BCUT2D eigenvalue weighted by atomic mass is 9.85. The molecular weight excluding hydrogens is 476 g/mol. The Morgan fingerprint density at radius 2 is 2.15 bits per heavy atom. The zero-order valence-electron chi connectivity index (χ0n) is 19.2. The van der Waals surface area contributed by atoms with Crippen molar-refractivity contribution < 1.29 is 15.0 Å². The summed E-state index contributed by atoms with van der Waals surface area (Å²) in [5.41, 5.74) is -0.137. The van der Waals surface area contributed by atoms with Gasteiger partial charge in [-0.3, -0.25) is 4.79 Å². The molecule has 0 bridgehead atoms. The van der Waals surface area contributed by atoms with E-state index in [2.05, 4.69) is 44.4 Å². The van der Waals surface area contributed by atoms with E-state index in [-0.39, 0.29) is 12.3 Å². The van der Waals surface area contributed by atoms with Gasteiger partial charge >= 0.3 is 0 Å². The quantitative estimate of drug-likeness (QED) is 0.301. The number of hydrogen-bond donors (Lipinski definition) is 4. The van der Waals surface area contributed by atoms with Gasteiger partial charge in [-0.1, -0.05) is 24.9 Å². The topological polar surface area (TPSA) is 125 Å². The number of nitrogens with one attached hydrogen (secondary N) is 2. The summed E-state index contributed by atoms with van der Waals surface area (Å²) in [5, 5.41) is 27.5. The number of aliphatic hydroxyl groups is 2. The van der Waals surface area contributed by atoms with E-state index in [9.17, 15) is 15.0 Å². The third-order valence-electron chi connectivity index (χ3n) is 6.22. The summed E-state index contributed by atoms with van der Waals surface area (Å²) in [5.74, 6) is 6.53. The van der Waals surface area contributed by atoms with Crippen LogP contribution in [0.4, 0.5) is 5.82 Å². The van der Waals surface area contributed by atoms with Gasteiger partial charge in [0.2, 0.25) is 11.7 Å². The van der Waals surface area contributed by atoms with Crippen molar-refractivity contribution in [3.05, 3.63) is 33.5 Å². The summed E-state index contributed by atoms with van der Waals surface area (Å²) in [7, 11) is 1.51. The molecule has 3 aromatic heterocycles. The Labute approximate surface area is 206 Å². The maximum absolute atomic E-state index is 12.5. The molecule has 0 aliphatic heterocycles. The van der Waals surface area contributed by atoms with Gasteiger partial charge in [0, 0.05) is 13.6 Å². The number of carbonyl (C=O) groups excluding carboxylic acids is 1. The van der Waals surface area contributed by atoms with Crippen molar-refractivity contribution in [3.63, 3.8) is 0 Å². The number of fused-ring (bicyclic) bond motifs is 1. The fourth-order valence-corrected chi connectivity index (χ4v) is 5.16. The van der Waals surface area contributed by atoms with E-state index < -0.39 is 23.7 Å². The van der Waals surface area contributed by atoms with Crippen LogP contribution < -0.4 is 10.6 Å². The van der Waals surface area contributed by atoms with Crippen LogP contribution in [0.3, 0.4) is 0 Å². The molecule has 11 heteroatoms. The van der Waals surface area contributed by atoms with Crippen LogP contribution in [0.2, 0.25) is 4.34 Å². The summed E-state index contributed by atoms with van der Waals surface area (Å²) in [6.45, 7) is 4.46. The molecule has 0 aromatic carbocycles. The van der Waals surface area contributed by atoms with E-state index in [0.29, 0.717) is 33.7 Å². The first kappa shape index (κ1) is 24.4. The van der Waals surface area contributed by atoms with Gasteiger partial charge in [0.05, 0.1) is 33.1 Å². The van der Waals surface area contributed by atoms with Gasteiger partial charge in [-0.25, -0.2) is 15.0 Å². The molecule has 1 fully saturated rings. The van der Waals surface area contributed by atoms with Crippen LogP contribution in [0.1, 0.15) is 49.9 Å². The van der Waals surface area contributed by atoms with Gasteiger partial charge in [0.15, 0.2) is 17.0 Å². The first-order chi connectivity index (χ1) is 16.3. The van der Waals surface area contributed by atoms with Crippen LogP contribution >= 0.6 is 22.9 Å². The van der Waals surface area contributed by atoms with Crippen LogP contribution in [-0.2, 0) is 4.79 Å². The molecule has 1 aliphatic rings. The number of halogens is 1. The van der Waals surface area contributed by atoms with Crippen molar-refractivity contribution in [3.8, 4) is 11.8 Å². The standard InChI is InChI=1S/C23H27ClN6O3S/c1-4-5-10-26-20-17-21(29-16(28-20)9-7-13-6-8-15(24)34-13)30(12-27-17)14-11-23(2,22(33)25-3)19(32)18(14)31/h6,8,12,14,18-19,31-32H,4-5,10-11H2,1-3H3,(H,25,33)(H,26,28,29)/t14-,18+,19+,23+/m1/s1. The minimum Gasteiger partial charge on any atom is -0.389 e. The van der Waals surface area contributed by atoms with Crippen LogP contribution in [0.25, 0.3) is 11.2 Å². The lowest BCUT2D eigenvalue weighted by Crippen LogP contribution is -2.45. The second kappa shape index (κ2) is 9.88. The van der Waals surface area contributed by atoms with Crippen molar-refractivity contribution >= 4 is 45.8 Å². The number of aliphatic hydroxyl groups excluding tert-OH is 2. The SMILES string of the molecule is CCCCNc1nc(C#Cc2ccc(Cl)s2)nc2c1ncn2[C@@H]1C[C@](C)(C(=O)NC)[C@@H](O)[C@H]1O. The molecule has 180 valence electrons. The predicted molar refractivity (Wildman–Crippen MR) is 132 cm³/mol. The van der Waals surface area contributed by atoms with Crippen molar-refractivity contribution in [2.45, 2.75) is 51.4 Å². The van der Waals surface area contributed by atoms with E-state index in [4.69, 9.17) is 11.6 Å². The van der Waals surface area contributed by atoms with E-state index in [1.807, 2.05) is 6.07 Å². The zero-order valence-corrected chi connectivity index (χ0v) is 20.7. The van der Waals surface area contributed by atoms with Crippen LogP contribution in [0, 0.1) is 17.3 Å². The highest BCUT2D eigenvalue weighted by Crippen LogP contribution is 2.45. The average Bonchev–Trinajstić information content (AvgIpc) is 3.50. The largest absolute Gasteiger partial charge is 0.389 e. The Hall–Kier alpha value is -2.71. The number of unbranched alkanes of at least 4 members (excludes halogenated alkanes) is 1. The van der Waals surface area contributed by atoms with E-state index in [0.717, 1.165) is 17.7 Å². The van der Waals surface area contributed by atoms with Crippen molar-refractivity contribution in [1.29, 1.82) is 0 Å². The van der Waals surface area contributed by atoms with E-state index in [1.165, 1.54) is 18.4 Å². The number of carbonyl (C=O) groups is 1. The molecule has 1 amide bonds. The minimum atomic E-state index is -1.23. The number of thiophene rings is 1. The molecule has 4 rings (SSSR count). The van der Waals surface area contributed by atoms with Crippen molar-refractivity contribution in [2.24, 2.45) is 5.41 Å². The highest BCUT2D eigenvalue weighted by molar-refractivity contribution is 7.16. The molecular formula is C23H27ClN6O3S. The van der Waals surface area contributed by atoms with Gasteiger partial charge in [0.1, 0.15) is 6.10 Å². The molecule has 3 aromatic rings. The van der Waals surface area contributed by atoms with Crippen molar-refractivity contribution in [2.75, 3.05) is 18.9 Å². The smallest absolute Gasteiger partial charge is 0.228 e. The Balaban J connectivity index is 1.77. The number of hydrogen-bond acceptors (Lipinski definition) is 8. The molecule has 0 radical (unpaired) electrons. The lowest BCUT2D eigenvalue weighted by Gasteiger charge is -2.26. The van der Waals surface area contributed by atoms with Gasteiger partial charge in [-0.2, -0.15) is 0 Å². The molecule has 34 heavy (non-hydrogen) atoms. The number of amides is 1. The molecule has 0 unspecified atom stereocenters. The first-order valence-corrected chi connectivity index (χ1v) is 12.3. The van der Waals surface area contributed by atoms with Crippen molar-refractivity contribution in [1.82, 2.24) is 24.8 Å². The monoisotopic (exact) mass is 502 g/mol. The molecule has 9 nitrogen and oxygen atoms in total. The van der Waals surface area contributed by atoms with Gasteiger partial charge < -0.3 is 25.4 Å². The van der Waals surface area contributed by atoms with Crippen LogP contribution in [0.15, 0.2) is 18.5 Å². The van der Waals surface area contributed by atoms with Crippen LogP contribution in [-0.4, -0.2) is 61.4 Å². The third-order valence-corrected chi connectivity index (χ3v) is 7.37. The maximum atomic E-state index is 12.5. The summed E-state index contributed by atoms with van der Waals surface area (Å²) >= 11 is 7.37. The van der Waals surface area contributed by atoms with E-state index in [1.54, 1.807) is 23.9 Å². The fourth-order valence-electron chi connectivity index (χ4n) is 4.26.